The van der Waals surface area contributed by atoms with Crippen LogP contribution in [-0.4, -0.2) is 49.0 Å². The van der Waals surface area contributed by atoms with Crippen LogP contribution in [0.4, 0.5) is 0 Å². The summed E-state index contributed by atoms with van der Waals surface area (Å²) < 4.78 is 8.87. The zero-order valence-corrected chi connectivity index (χ0v) is 14.1. The summed E-state index contributed by atoms with van der Waals surface area (Å²) in [6.45, 7) is 3.95. The highest BCUT2D eigenvalue weighted by molar-refractivity contribution is 5.72. The number of aliphatic hydroxyl groups is 1. The van der Waals surface area contributed by atoms with Gasteiger partial charge in [-0.2, -0.15) is 0 Å². The van der Waals surface area contributed by atoms with Crippen LogP contribution in [0, 0.1) is 0 Å². The number of fused-ring (bicyclic) bond motifs is 1. The molecule has 2 rings (SSSR count). The second kappa shape index (κ2) is 7.30. The monoisotopic (exact) mass is 339 g/mol. The predicted octanol–water partition coefficient (Wildman–Crippen LogP) is -0.819. The van der Waals surface area contributed by atoms with Crippen molar-refractivity contribution in [3.05, 3.63) is 27.2 Å². The van der Waals surface area contributed by atoms with Gasteiger partial charge >= 0.3 is 5.69 Å². The van der Waals surface area contributed by atoms with Gasteiger partial charge in [0.1, 0.15) is 12.7 Å². The fraction of sp³-hybridized carbons (Fsp3) is 0.571. The van der Waals surface area contributed by atoms with Crippen LogP contribution in [0.1, 0.15) is 13.8 Å². The molecule has 0 aliphatic carbocycles. The van der Waals surface area contributed by atoms with E-state index in [1.54, 1.807) is 6.92 Å². The van der Waals surface area contributed by atoms with Gasteiger partial charge < -0.3 is 19.2 Å². The van der Waals surface area contributed by atoms with Crippen molar-refractivity contribution in [2.24, 2.45) is 19.3 Å². The summed E-state index contributed by atoms with van der Waals surface area (Å²) in [7, 11) is 2.93. The van der Waals surface area contributed by atoms with Gasteiger partial charge in [-0.15, -0.1) is 0 Å². The smallest absolute Gasteiger partial charge is 0.332 e. The molecule has 1 unspecified atom stereocenters. The van der Waals surface area contributed by atoms with E-state index in [0.29, 0.717) is 12.5 Å². The van der Waals surface area contributed by atoms with E-state index in [1.807, 2.05) is 6.92 Å². The van der Waals surface area contributed by atoms with E-state index in [2.05, 4.69) is 10.1 Å². The predicted molar refractivity (Wildman–Crippen MR) is 86.9 cm³/mol. The fourth-order valence-corrected chi connectivity index (χ4v) is 2.26. The summed E-state index contributed by atoms with van der Waals surface area (Å²) in [6.07, 6.45) is 0.492. The molecule has 0 radical (unpaired) electrons. The summed E-state index contributed by atoms with van der Waals surface area (Å²) in [5.41, 5.74) is -0.416. The van der Waals surface area contributed by atoms with Gasteiger partial charge in [-0.3, -0.25) is 13.9 Å². The largest absolute Gasteiger partial charge is 0.479 e. The molecular formula is C14H21N5O5. The molecule has 0 saturated heterocycles. The molecule has 0 fully saturated rings. The normalized spacial score (nSPS) is 13.3. The van der Waals surface area contributed by atoms with Crippen molar-refractivity contribution in [1.82, 2.24) is 18.7 Å². The quantitative estimate of drug-likeness (QED) is 0.418. The number of imidazole rings is 1. The molecule has 10 heteroatoms. The Morgan fingerprint density at radius 2 is 2.08 bits per heavy atom. The first-order valence-electron chi connectivity index (χ1n) is 7.45. The minimum atomic E-state index is -0.914. The summed E-state index contributed by atoms with van der Waals surface area (Å²) >= 11 is 0. The van der Waals surface area contributed by atoms with E-state index in [1.165, 1.54) is 29.6 Å². The lowest BCUT2D eigenvalue weighted by molar-refractivity contribution is 0.0283. The van der Waals surface area contributed by atoms with Gasteiger partial charge in [0.25, 0.3) is 5.56 Å². The summed E-state index contributed by atoms with van der Waals surface area (Å²) in [5, 5.41) is 13.7. The van der Waals surface area contributed by atoms with Gasteiger partial charge in [0, 0.05) is 21.0 Å². The number of oxime groups is 1. The van der Waals surface area contributed by atoms with Crippen LogP contribution in [0.5, 0.6) is 0 Å². The van der Waals surface area contributed by atoms with E-state index in [-0.39, 0.29) is 24.3 Å². The molecular weight excluding hydrogens is 318 g/mol. The minimum absolute atomic E-state index is 0.0732. The number of hydrogen-bond acceptors (Lipinski definition) is 7. The molecule has 2 heterocycles. The topological polar surface area (TPSA) is 113 Å². The van der Waals surface area contributed by atoms with E-state index in [0.717, 1.165) is 4.57 Å². The molecule has 1 atom stereocenters. The molecule has 0 saturated carbocycles. The molecule has 1 N–H and O–H groups in total. The van der Waals surface area contributed by atoms with Crippen molar-refractivity contribution in [1.29, 1.82) is 0 Å². The van der Waals surface area contributed by atoms with Crippen LogP contribution in [0.2, 0.25) is 0 Å². The Hall–Kier alpha value is -2.62. The van der Waals surface area contributed by atoms with E-state index in [9.17, 15) is 14.7 Å². The first-order chi connectivity index (χ1) is 11.4. The van der Waals surface area contributed by atoms with Gasteiger partial charge in [-0.1, -0.05) is 5.16 Å². The van der Waals surface area contributed by atoms with Crippen molar-refractivity contribution < 1.29 is 14.7 Å². The second-order valence-corrected chi connectivity index (χ2v) is 5.27. The van der Waals surface area contributed by atoms with Crippen molar-refractivity contribution in [3.63, 3.8) is 0 Å². The number of ether oxygens (including phenoxy) is 1. The highest BCUT2D eigenvalue weighted by atomic mass is 16.7. The third-order valence-electron chi connectivity index (χ3n) is 3.44. The van der Waals surface area contributed by atoms with Crippen molar-refractivity contribution in [2.75, 3.05) is 13.2 Å². The highest BCUT2D eigenvalue weighted by Crippen LogP contribution is 2.06. The Labute approximate surface area is 137 Å². The second-order valence-electron chi connectivity index (χ2n) is 5.27. The Morgan fingerprint density at radius 3 is 2.75 bits per heavy atom. The maximum Gasteiger partial charge on any atom is 0.332 e. The molecule has 24 heavy (non-hydrogen) atoms. The highest BCUT2D eigenvalue weighted by Gasteiger charge is 2.16. The van der Waals surface area contributed by atoms with E-state index < -0.39 is 17.4 Å². The minimum Gasteiger partial charge on any atom is -0.479 e. The molecule has 0 aliphatic heterocycles. The molecule has 0 bridgehead atoms. The summed E-state index contributed by atoms with van der Waals surface area (Å²) in [5.74, 6) is 0.363. The number of nitrogens with zero attached hydrogens (tertiary/aromatic N) is 5. The number of aromatic nitrogens is 4. The van der Waals surface area contributed by atoms with Crippen LogP contribution in [0.25, 0.3) is 11.2 Å². The van der Waals surface area contributed by atoms with Gasteiger partial charge in [-0.25, -0.2) is 9.78 Å². The summed E-state index contributed by atoms with van der Waals surface area (Å²) in [4.78, 5) is 33.2. The molecule has 2 aromatic heterocycles. The lowest BCUT2D eigenvalue weighted by Crippen LogP contribution is -2.38. The summed E-state index contributed by atoms with van der Waals surface area (Å²) in [6, 6.07) is 0. The van der Waals surface area contributed by atoms with Crippen LogP contribution in [0.15, 0.2) is 21.1 Å². The molecule has 132 valence electrons. The molecule has 10 nitrogen and oxygen atoms in total. The molecule has 0 spiro atoms. The number of aliphatic hydroxyl groups excluding tert-OH is 1. The first-order valence-corrected chi connectivity index (χ1v) is 7.45. The zero-order valence-electron chi connectivity index (χ0n) is 14.1. The van der Waals surface area contributed by atoms with Crippen molar-refractivity contribution >= 4 is 17.1 Å². The van der Waals surface area contributed by atoms with Gasteiger partial charge in [0.2, 0.25) is 5.90 Å². The first kappa shape index (κ1) is 17.7. The molecule has 0 aliphatic rings. The SMILES string of the molecule is CCO/C(C)=N\OCC(O)Cn1cnc2c1c(=O)n(C)c(=O)n2C. The van der Waals surface area contributed by atoms with Crippen LogP contribution < -0.4 is 11.2 Å². The third-order valence-corrected chi connectivity index (χ3v) is 3.44. The third kappa shape index (κ3) is 3.48. The van der Waals surface area contributed by atoms with Crippen LogP contribution >= 0.6 is 0 Å². The van der Waals surface area contributed by atoms with Gasteiger partial charge in [0.05, 0.1) is 19.5 Å². The maximum absolute atomic E-state index is 12.3. The number of rotatable bonds is 6. The van der Waals surface area contributed by atoms with E-state index >= 15 is 0 Å². The Balaban J connectivity index is 2.18. The van der Waals surface area contributed by atoms with Crippen LogP contribution in [0.3, 0.4) is 0 Å². The van der Waals surface area contributed by atoms with E-state index in [4.69, 9.17) is 9.57 Å². The van der Waals surface area contributed by atoms with Crippen molar-refractivity contribution in [3.8, 4) is 0 Å². The Kier molecular flexibility index (Phi) is 5.39. The van der Waals surface area contributed by atoms with Gasteiger partial charge in [-0.05, 0) is 6.92 Å². The molecule has 0 amide bonds. The lowest BCUT2D eigenvalue weighted by atomic mass is 10.3. The average Bonchev–Trinajstić information content (AvgIpc) is 2.94. The fourth-order valence-electron chi connectivity index (χ4n) is 2.26. The van der Waals surface area contributed by atoms with Crippen molar-refractivity contribution in [2.45, 2.75) is 26.5 Å². The Morgan fingerprint density at radius 1 is 1.38 bits per heavy atom. The van der Waals surface area contributed by atoms with Crippen LogP contribution in [-0.2, 0) is 30.2 Å². The maximum atomic E-state index is 12.3. The Bertz CT molecular complexity index is 863. The number of aryl methyl sites for hydroxylation is 1. The lowest BCUT2D eigenvalue weighted by Gasteiger charge is -2.11. The standard InChI is InChI=1S/C14H21N5O5/c1-5-23-9(2)16-24-7-10(20)6-19-8-15-12-11(19)13(21)18(4)14(22)17(12)3/h8,10,20H,5-7H2,1-4H3/b16-9-. The zero-order chi connectivity index (χ0) is 17.9. The average molecular weight is 339 g/mol. The molecule has 0 aromatic carbocycles. The van der Waals surface area contributed by atoms with Gasteiger partial charge in [0.15, 0.2) is 11.2 Å². The number of hydrogen-bond donors (Lipinski definition) is 1. The molecule has 2 aromatic rings.